The summed E-state index contributed by atoms with van der Waals surface area (Å²) in [4.78, 5) is 26.4. The van der Waals surface area contributed by atoms with Gasteiger partial charge in [-0.05, 0) is 43.7 Å². The SMILES string of the molecule is Cc1ccnc([C@H]2CCN(C(=O)c3cc4cc(F)ccc4[nH]3)C2)n1. The molecule has 0 radical (unpaired) electrons. The number of carbonyl (C=O) groups excluding carboxylic acids is 1. The Morgan fingerprint density at radius 3 is 3.04 bits per heavy atom. The van der Waals surface area contributed by atoms with E-state index in [0.29, 0.717) is 24.2 Å². The Balaban J connectivity index is 1.54. The van der Waals surface area contributed by atoms with Gasteiger partial charge in [-0.1, -0.05) is 0 Å². The van der Waals surface area contributed by atoms with Crippen molar-refractivity contribution in [3.8, 4) is 0 Å². The summed E-state index contributed by atoms with van der Waals surface area (Å²) in [5, 5.41) is 0.705. The first-order valence-corrected chi connectivity index (χ1v) is 7.97. The Labute approximate surface area is 138 Å². The summed E-state index contributed by atoms with van der Waals surface area (Å²) in [7, 11) is 0. The summed E-state index contributed by atoms with van der Waals surface area (Å²) in [5.41, 5.74) is 2.18. The Hall–Kier alpha value is -2.76. The van der Waals surface area contributed by atoms with Crippen LogP contribution in [0.5, 0.6) is 0 Å². The van der Waals surface area contributed by atoms with Crippen molar-refractivity contribution in [2.75, 3.05) is 13.1 Å². The second kappa shape index (κ2) is 5.70. The molecule has 2 aromatic heterocycles. The first-order chi connectivity index (χ1) is 11.6. The maximum atomic E-state index is 13.3. The number of hydrogen-bond donors (Lipinski definition) is 1. The van der Waals surface area contributed by atoms with Gasteiger partial charge in [0.15, 0.2) is 0 Å². The largest absolute Gasteiger partial charge is 0.351 e. The number of halogens is 1. The average molecular weight is 324 g/mol. The van der Waals surface area contributed by atoms with Crippen molar-refractivity contribution in [3.63, 3.8) is 0 Å². The molecule has 0 aliphatic carbocycles. The standard InChI is InChI=1S/C18H17FN4O/c1-11-4-6-20-17(21-11)12-5-7-23(10-12)18(24)16-9-13-8-14(19)2-3-15(13)22-16/h2-4,6,8-9,12,22H,5,7,10H2,1H3/t12-/m0/s1. The summed E-state index contributed by atoms with van der Waals surface area (Å²) in [5.74, 6) is 0.583. The van der Waals surface area contributed by atoms with Crippen molar-refractivity contribution < 1.29 is 9.18 Å². The zero-order chi connectivity index (χ0) is 16.7. The van der Waals surface area contributed by atoms with Gasteiger partial charge in [-0.2, -0.15) is 0 Å². The van der Waals surface area contributed by atoms with Crippen LogP contribution in [0.4, 0.5) is 4.39 Å². The molecule has 0 saturated carbocycles. The molecule has 4 rings (SSSR count). The summed E-state index contributed by atoms with van der Waals surface area (Å²) >= 11 is 0. The number of aryl methyl sites for hydroxylation is 1. The number of amides is 1. The topological polar surface area (TPSA) is 61.9 Å². The average Bonchev–Trinajstić information content (AvgIpc) is 3.21. The number of carbonyl (C=O) groups is 1. The molecule has 1 aliphatic heterocycles. The third kappa shape index (κ3) is 2.64. The number of aromatic amines is 1. The second-order valence-electron chi connectivity index (χ2n) is 6.21. The predicted molar refractivity (Wildman–Crippen MR) is 88.3 cm³/mol. The van der Waals surface area contributed by atoms with E-state index in [9.17, 15) is 9.18 Å². The van der Waals surface area contributed by atoms with Gasteiger partial charge < -0.3 is 9.88 Å². The van der Waals surface area contributed by atoms with Crippen LogP contribution in [-0.2, 0) is 0 Å². The van der Waals surface area contributed by atoms with Crippen molar-refractivity contribution in [1.82, 2.24) is 19.9 Å². The summed E-state index contributed by atoms with van der Waals surface area (Å²) < 4.78 is 13.3. The minimum absolute atomic E-state index is 0.0678. The summed E-state index contributed by atoms with van der Waals surface area (Å²) in [6.07, 6.45) is 2.61. The van der Waals surface area contributed by atoms with Crippen LogP contribution in [0.3, 0.4) is 0 Å². The van der Waals surface area contributed by atoms with E-state index in [1.165, 1.54) is 12.1 Å². The Bertz CT molecular complexity index is 920. The van der Waals surface area contributed by atoms with Crippen LogP contribution >= 0.6 is 0 Å². The normalized spacial score (nSPS) is 17.6. The van der Waals surface area contributed by atoms with Gasteiger partial charge in [0.05, 0.1) is 0 Å². The number of nitrogens with one attached hydrogen (secondary N) is 1. The molecule has 0 unspecified atom stereocenters. The molecule has 122 valence electrons. The number of nitrogens with zero attached hydrogens (tertiary/aromatic N) is 3. The zero-order valence-corrected chi connectivity index (χ0v) is 13.3. The van der Waals surface area contributed by atoms with Crippen LogP contribution in [-0.4, -0.2) is 38.8 Å². The number of benzene rings is 1. The highest BCUT2D eigenvalue weighted by atomic mass is 19.1. The maximum absolute atomic E-state index is 13.3. The van der Waals surface area contributed by atoms with Crippen molar-refractivity contribution in [3.05, 3.63) is 59.6 Å². The number of hydrogen-bond acceptors (Lipinski definition) is 3. The lowest BCUT2D eigenvalue weighted by Crippen LogP contribution is -2.28. The van der Waals surface area contributed by atoms with Crippen molar-refractivity contribution in [2.24, 2.45) is 0 Å². The van der Waals surface area contributed by atoms with Gasteiger partial charge in [0.2, 0.25) is 0 Å². The third-order valence-electron chi connectivity index (χ3n) is 4.47. The van der Waals surface area contributed by atoms with Crippen molar-refractivity contribution in [1.29, 1.82) is 0 Å². The molecule has 3 aromatic rings. The third-order valence-corrected chi connectivity index (χ3v) is 4.47. The fourth-order valence-corrected chi connectivity index (χ4v) is 3.21. The van der Waals surface area contributed by atoms with E-state index in [2.05, 4.69) is 15.0 Å². The zero-order valence-electron chi connectivity index (χ0n) is 13.3. The molecule has 1 amide bonds. The molecule has 0 bridgehead atoms. The van der Waals surface area contributed by atoms with Crippen LogP contribution in [0.2, 0.25) is 0 Å². The smallest absolute Gasteiger partial charge is 0.270 e. The Morgan fingerprint density at radius 2 is 2.21 bits per heavy atom. The number of likely N-dealkylation sites (tertiary alicyclic amines) is 1. The van der Waals surface area contributed by atoms with Crippen LogP contribution < -0.4 is 0 Å². The van der Waals surface area contributed by atoms with E-state index in [-0.39, 0.29) is 17.6 Å². The molecule has 1 aromatic carbocycles. The molecule has 0 spiro atoms. The van der Waals surface area contributed by atoms with E-state index < -0.39 is 0 Å². The number of H-pyrrole nitrogens is 1. The van der Waals surface area contributed by atoms with Gasteiger partial charge in [0.1, 0.15) is 17.3 Å². The summed E-state index contributed by atoms with van der Waals surface area (Å²) in [6.45, 7) is 3.21. The van der Waals surface area contributed by atoms with E-state index >= 15 is 0 Å². The van der Waals surface area contributed by atoms with E-state index in [0.717, 1.165) is 23.5 Å². The quantitative estimate of drug-likeness (QED) is 0.788. The molecule has 1 fully saturated rings. The number of rotatable bonds is 2. The van der Waals surface area contributed by atoms with Gasteiger partial charge in [-0.25, -0.2) is 14.4 Å². The maximum Gasteiger partial charge on any atom is 0.270 e. The van der Waals surface area contributed by atoms with Gasteiger partial charge >= 0.3 is 0 Å². The minimum Gasteiger partial charge on any atom is -0.351 e. The van der Waals surface area contributed by atoms with Crippen molar-refractivity contribution >= 4 is 16.8 Å². The predicted octanol–water partition coefficient (Wildman–Crippen LogP) is 3.04. The second-order valence-corrected chi connectivity index (χ2v) is 6.21. The molecule has 1 aliphatic rings. The Kier molecular flexibility index (Phi) is 3.52. The van der Waals surface area contributed by atoms with Gasteiger partial charge in [0, 0.05) is 41.8 Å². The van der Waals surface area contributed by atoms with Crippen molar-refractivity contribution in [2.45, 2.75) is 19.3 Å². The minimum atomic E-state index is -0.307. The number of aromatic nitrogens is 3. The van der Waals surface area contributed by atoms with Crippen LogP contribution in [0.1, 0.15) is 34.3 Å². The lowest BCUT2D eigenvalue weighted by molar-refractivity contribution is 0.0785. The van der Waals surface area contributed by atoms with Crippen LogP contribution in [0.25, 0.3) is 10.9 Å². The van der Waals surface area contributed by atoms with E-state index in [1.54, 1.807) is 23.2 Å². The first-order valence-electron chi connectivity index (χ1n) is 7.97. The highest BCUT2D eigenvalue weighted by Crippen LogP contribution is 2.26. The highest BCUT2D eigenvalue weighted by molar-refractivity contribution is 5.98. The molecule has 3 heterocycles. The van der Waals surface area contributed by atoms with E-state index in [1.807, 2.05) is 13.0 Å². The van der Waals surface area contributed by atoms with Crippen LogP contribution in [0, 0.1) is 12.7 Å². The molecule has 24 heavy (non-hydrogen) atoms. The fourth-order valence-electron chi connectivity index (χ4n) is 3.21. The molecular formula is C18H17FN4O. The first kappa shape index (κ1) is 14.8. The molecule has 1 N–H and O–H groups in total. The monoisotopic (exact) mass is 324 g/mol. The molecular weight excluding hydrogens is 307 g/mol. The summed E-state index contributed by atoms with van der Waals surface area (Å²) in [6, 6.07) is 8.03. The lowest BCUT2D eigenvalue weighted by Gasteiger charge is -2.15. The van der Waals surface area contributed by atoms with Crippen LogP contribution in [0.15, 0.2) is 36.5 Å². The van der Waals surface area contributed by atoms with Gasteiger partial charge in [-0.3, -0.25) is 4.79 Å². The fraction of sp³-hybridized carbons (Fsp3) is 0.278. The Morgan fingerprint density at radius 1 is 1.33 bits per heavy atom. The van der Waals surface area contributed by atoms with Gasteiger partial charge in [0.25, 0.3) is 5.91 Å². The molecule has 1 saturated heterocycles. The molecule has 5 nitrogen and oxygen atoms in total. The molecule has 1 atom stereocenters. The molecule has 6 heteroatoms. The lowest BCUT2D eigenvalue weighted by atomic mass is 10.1. The van der Waals surface area contributed by atoms with E-state index in [4.69, 9.17) is 0 Å². The number of fused-ring (bicyclic) bond motifs is 1. The highest BCUT2D eigenvalue weighted by Gasteiger charge is 2.30. The van der Waals surface area contributed by atoms with Gasteiger partial charge in [-0.15, -0.1) is 0 Å².